The van der Waals surface area contributed by atoms with Crippen LogP contribution in [0.3, 0.4) is 0 Å². The molecule has 30 heavy (non-hydrogen) atoms. The molecule has 0 bridgehead atoms. The molecule has 166 valence electrons. The predicted molar refractivity (Wildman–Crippen MR) is 104 cm³/mol. The van der Waals surface area contributed by atoms with Crippen LogP contribution >= 0.6 is 0 Å². The molecule has 1 saturated heterocycles. The first kappa shape index (κ1) is 22.5. The SMILES string of the molecule is CCS(=O)(=O)N1CCN(C(C)C(=O)N2CC(=O)Nc3cc(C(F)(F)F)ccc32)CC1. The maximum Gasteiger partial charge on any atom is 0.416 e. The third kappa shape index (κ3) is 4.44. The first-order valence-corrected chi connectivity index (χ1v) is 11.1. The Labute approximate surface area is 172 Å². The van der Waals surface area contributed by atoms with E-state index in [-0.39, 0.29) is 36.8 Å². The number of carbonyl (C=O) groups is 2. The number of halogens is 3. The Morgan fingerprint density at radius 3 is 2.40 bits per heavy atom. The van der Waals surface area contributed by atoms with Gasteiger partial charge in [0.2, 0.25) is 21.8 Å². The third-order valence-electron chi connectivity index (χ3n) is 5.39. The fourth-order valence-electron chi connectivity index (χ4n) is 3.60. The Morgan fingerprint density at radius 2 is 1.83 bits per heavy atom. The van der Waals surface area contributed by atoms with Gasteiger partial charge < -0.3 is 5.32 Å². The molecule has 2 amide bonds. The number of nitrogens with zero attached hydrogens (tertiary/aromatic N) is 3. The van der Waals surface area contributed by atoms with Gasteiger partial charge in [0.1, 0.15) is 6.54 Å². The standard InChI is InChI=1S/C18H23F3N4O4S/c1-3-30(28,29)24-8-6-23(7-9-24)12(2)17(27)25-11-16(26)22-14-10-13(18(19,20)21)4-5-15(14)25/h4-5,10,12H,3,6-9,11H2,1-2H3,(H,22,26). The molecule has 0 aliphatic carbocycles. The molecule has 2 aliphatic rings. The molecular formula is C18H23F3N4O4S. The van der Waals surface area contributed by atoms with Crippen molar-refractivity contribution in [1.29, 1.82) is 0 Å². The summed E-state index contributed by atoms with van der Waals surface area (Å²) in [4.78, 5) is 28.1. The smallest absolute Gasteiger partial charge is 0.323 e. The molecule has 0 radical (unpaired) electrons. The summed E-state index contributed by atoms with van der Waals surface area (Å²) in [5.74, 6) is -1.01. The van der Waals surface area contributed by atoms with E-state index >= 15 is 0 Å². The number of nitrogens with one attached hydrogen (secondary N) is 1. The normalized spacial score (nSPS) is 19.9. The maximum absolute atomic E-state index is 13.1. The zero-order valence-corrected chi connectivity index (χ0v) is 17.4. The Kier molecular flexibility index (Phi) is 6.12. The molecule has 1 N–H and O–H groups in total. The highest BCUT2D eigenvalue weighted by Crippen LogP contribution is 2.37. The van der Waals surface area contributed by atoms with Crippen LogP contribution in [0.1, 0.15) is 19.4 Å². The highest BCUT2D eigenvalue weighted by Gasteiger charge is 2.37. The van der Waals surface area contributed by atoms with Crippen LogP contribution in [0.25, 0.3) is 0 Å². The molecule has 8 nitrogen and oxygen atoms in total. The molecule has 0 aromatic heterocycles. The number of sulfonamides is 1. The molecule has 1 unspecified atom stereocenters. The number of rotatable bonds is 4. The van der Waals surface area contributed by atoms with Gasteiger partial charge in [-0.15, -0.1) is 0 Å². The second-order valence-electron chi connectivity index (χ2n) is 7.21. The number of alkyl halides is 3. The second kappa shape index (κ2) is 8.16. The van der Waals surface area contributed by atoms with Crippen molar-refractivity contribution >= 4 is 33.2 Å². The van der Waals surface area contributed by atoms with E-state index < -0.39 is 39.6 Å². The molecule has 2 heterocycles. The topological polar surface area (TPSA) is 90.0 Å². The zero-order chi connectivity index (χ0) is 22.3. The molecule has 0 spiro atoms. The van der Waals surface area contributed by atoms with Crippen molar-refractivity contribution in [2.24, 2.45) is 0 Å². The third-order valence-corrected chi connectivity index (χ3v) is 7.27. The van der Waals surface area contributed by atoms with Gasteiger partial charge in [-0.1, -0.05) is 0 Å². The molecule has 1 fully saturated rings. The van der Waals surface area contributed by atoms with Crippen LogP contribution in [-0.2, 0) is 25.8 Å². The molecule has 1 aromatic carbocycles. The number of hydrogen-bond donors (Lipinski definition) is 1. The summed E-state index contributed by atoms with van der Waals surface area (Å²) in [5, 5.41) is 2.38. The van der Waals surface area contributed by atoms with E-state index in [1.807, 2.05) is 0 Å². The zero-order valence-electron chi connectivity index (χ0n) is 16.6. The van der Waals surface area contributed by atoms with Crippen LogP contribution in [0.2, 0.25) is 0 Å². The van der Waals surface area contributed by atoms with Crippen molar-refractivity contribution < 1.29 is 31.2 Å². The lowest BCUT2D eigenvalue weighted by atomic mass is 10.1. The van der Waals surface area contributed by atoms with Gasteiger partial charge in [-0.25, -0.2) is 8.42 Å². The summed E-state index contributed by atoms with van der Waals surface area (Å²) in [5.41, 5.74) is -0.788. The maximum atomic E-state index is 13.1. The number of carbonyl (C=O) groups excluding carboxylic acids is 2. The monoisotopic (exact) mass is 448 g/mol. The van der Waals surface area contributed by atoms with E-state index in [9.17, 15) is 31.2 Å². The first-order chi connectivity index (χ1) is 13.9. The van der Waals surface area contributed by atoms with Gasteiger partial charge in [-0.2, -0.15) is 17.5 Å². The number of benzene rings is 1. The van der Waals surface area contributed by atoms with Gasteiger partial charge in [0, 0.05) is 26.2 Å². The van der Waals surface area contributed by atoms with E-state index in [0.717, 1.165) is 12.1 Å². The Balaban J connectivity index is 1.77. The van der Waals surface area contributed by atoms with E-state index in [1.54, 1.807) is 18.7 Å². The first-order valence-electron chi connectivity index (χ1n) is 9.48. The molecule has 1 aromatic rings. The molecule has 12 heteroatoms. The fourth-order valence-corrected chi connectivity index (χ4v) is 4.68. The van der Waals surface area contributed by atoms with Crippen molar-refractivity contribution in [2.75, 3.05) is 48.7 Å². The minimum Gasteiger partial charge on any atom is -0.323 e. The largest absolute Gasteiger partial charge is 0.416 e. The van der Waals surface area contributed by atoms with Gasteiger partial charge >= 0.3 is 6.18 Å². The van der Waals surface area contributed by atoms with Gasteiger partial charge in [0.15, 0.2) is 0 Å². The van der Waals surface area contributed by atoms with Gasteiger partial charge in [-0.05, 0) is 32.0 Å². The highest BCUT2D eigenvalue weighted by atomic mass is 32.2. The minimum absolute atomic E-state index is 0.00106. The molecule has 1 atom stereocenters. The number of hydrogen-bond acceptors (Lipinski definition) is 5. The highest BCUT2D eigenvalue weighted by molar-refractivity contribution is 7.89. The van der Waals surface area contributed by atoms with Crippen LogP contribution in [0, 0.1) is 0 Å². The predicted octanol–water partition coefficient (Wildman–Crippen LogP) is 1.35. The van der Waals surface area contributed by atoms with Crippen LogP contribution < -0.4 is 10.2 Å². The fraction of sp³-hybridized carbons (Fsp3) is 0.556. The summed E-state index contributed by atoms with van der Waals surface area (Å²) < 4.78 is 64.3. The summed E-state index contributed by atoms with van der Waals surface area (Å²) in [6, 6.07) is 2.19. The van der Waals surface area contributed by atoms with Gasteiger partial charge in [0.25, 0.3) is 0 Å². The summed E-state index contributed by atoms with van der Waals surface area (Å²) in [7, 11) is -3.31. The quantitative estimate of drug-likeness (QED) is 0.751. The van der Waals surface area contributed by atoms with Crippen molar-refractivity contribution in [2.45, 2.75) is 26.1 Å². The summed E-state index contributed by atoms with van der Waals surface area (Å²) >= 11 is 0. The Hall–Kier alpha value is -2.18. The lowest BCUT2D eigenvalue weighted by Crippen LogP contribution is -2.57. The lowest BCUT2D eigenvalue weighted by molar-refractivity contribution is -0.137. The van der Waals surface area contributed by atoms with Crippen molar-refractivity contribution in [3.05, 3.63) is 23.8 Å². The number of anilines is 2. The summed E-state index contributed by atoms with van der Waals surface area (Å²) in [6.45, 7) is 4.09. The van der Waals surface area contributed by atoms with Crippen molar-refractivity contribution in [3.8, 4) is 0 Å². The van der Waals surface area contributed by atoms with Crippen LogP contribution in [0.4, 0.5) is 24.5 Å². The van der Waals surface area contributed by atoms with E-state index in [1.165, 1.54) is 15.3 Å². The van der Waals surface area contributed by atoms with Gasteiger partial charge in [0.05, 0.1) is 28.7 Å². The van der Waals surface area contributed by atoms with E-state index in [0.29, 0.717) is 13.1 Å². The van der Waals surface area contributed by atoms with Gasteiger partial charge in [-0.3, -0.25) is 19.4 Å². The van der Waals surface area contributed by atoms with Crippen molar-refractivity contribution in [3.63, 3.8) is 0 Å². The Morgan fingerprint density at radius 1 is 1.20 bits per heavy atom. The van der Waals surface area contributed by atoms with Crippen LogP contribution in [0.5, 0.6) is 0 Å². The van der Waals surface area contributed by atoms with E-state index in [2.05, 4.69) is 5.32 Å². The number of piperazine rings is 1. The average Bonchev–Trinajstić information content (AvgIpc) is 2.71. The van der Waals surface area contributed by atoms with E-state index in [4.69, 9.17) is 0 Å². The molecule has 2 aliphatic heterocycles. The Bertz CT molecular complexity index is 943. The number of amides is 2. The minimum atomic E-state index is -4.57. The number of fused-ring (bicyclic) bond motifs is 1. The van der Waals surface area contributed by atoms with Crippen molar-refractivity contribution in [1.82, 2.24) is 9.21 Å². The molecule has 0 saturated carbocycles. The molecular weight excluding hydrogens is 425 g/mol. The van der Waals surface area contributed by atoms with Crippen LogP contribution in [0.15, 0.2) is 18.2 Å². The summed E-state index contributed by atoms with van der Waals surface area (Å²) in [6.07, 6.45) is -4.57. The lowest BCUT2D eigenvalue weighted by Gasteiger charge is -2.39. The molecule has 3 rings (SSSR count). The average molecular weight is 448 g/mol. The second-order valence-corrected chi connectivity index (χ2v) is 9.47. The van der Waals surface area contributed by atoms with Crippen LogP contribution in [-0.4, -0.2) is 74.0 Å².